The molecule has 1 heterocycles. The van der Waals surface area contributed by atoms with Crippen LogP contribution in [0.5, 0.6) is 5.75 Å². The molecule has 0 spiro atoms. The molecule has 0 saturated heterocycles. The van der Waals surface area contributed by atoms with Gasteiger partial charge in [-0.25, -0.2) is 14.3 Å². The lowest BCUT2D eigenvalue weighted by molar-refractivity contribution is -0.161. The fourth-order valence-electron chi connectivity index (χ4n) is 1.06. The molecule has 13 heavy (non-hydrogen) atoms. The summed E-state index contributed by atoms with van der Waals surface area (Å²) in [4.78, 5) is 8.98. The number of hydrogen-bond donors (Lipinski definition) is 1. The van der Waals surface area contributed by atoms with Gasteiger partial charge in [-0.2, -0.15) is 0 Å². The SMILES string of the molecule is CC(F)(F)c1ccc2c(c1)OON2. The molecule has 5 heteroatoms. The van der Waals surface area contributed by atoms with Crippen molar-refractivity contribution >= 4 is 5.69 Å². The first kappa shape index (κ1) is 8.25. The largest absolute Gasteiger partial charge is 0.312 e. The topological polar surface area (TPSA) is 30.5 Å². The minimum Gasteiger partial charge on any atom is -0.312 e. The number of alkyl halides is 2. The van der Waals surface area contributed by atoms with Crippen LogP contribution in [-0.2, 0) is 10.9 Å². The van der Waals surface area contributed by atoms with Crippen molar-refractivity contribution in [1.29, 1.82) is 0 Å². The fraction of sp³-hybridized carbons (Fsp3) is 0.250. The Balaban J connectivity index is 2.42. The number of benzene rings is 1. The third-order valence-corrected chi connectivity index (χ3v) is 1.77. The standard InChI is InChI=1S/C8H7F2NO2/c1-8(9,10)5-2-3-6-7(4-5)12-13-11-6/h2-4,11H,1H3. The van der Waals surface area contributed by atoms with Gasteiger partial charge in [0.1, 0.15) is 5.69 Å². The molecule has 1 aromatic carbocycles. The highest BCUT2D eigenvalue weighted by molar-refractivity contribution is 5.58. The Morgan fingerprint density at radius 3 is 2.85 bits per heavy atom. The maximum Gasteiger partial charge on any atom is 0.270 e. The zero-order valence-corrected chi connectivity index (χ0v) is 6.80. The van der Waals surface area contributed by atoms with E-state index >= 15 is 0 Å². The lowest BCUT2D eigenvalue weighted by Crippen LogP contribution is -2.06. The van der Waals surface area contributed by atoms with Gasteiger partial charge in [0, 0.05) is 12.5 Å². The molecule has 2 rings (SSSR count). The molecule has 0 bridgehead atoms. The number of nitrogens with one attached hydrogen (secondary N) is 1. The molecule has 0 aromatic heterocycles. The number of anilines is 1. The van der Waals surface area contributed by atoms with E-state index in [0.717, 1.165) is 6.92 Å². The summed E-state index contributed by atoms with van der Waals surface area (Å²) in [7, 11) is 0. The summed E-state index contributed by atoms with van der Waals surface area (Å²) in [5.74, 6) is -2.58. The highest BCUT2D eigenvalue weighted by Gasteiger charge is 2.26. The summed E-state index contributed by atoms with van der Waals surface area (Å²) in [6, 6.07) is 4.05. The minimum atomic E-state index is -2.86. The third-order valence-electron chi connectivity index (χ3n) is 1.77. The van der Waals surface area contributed by atoms with E-state index in [0.29, 0.717) is 5.69 Å². The van der Waals surface area contributed by atoms with Gasteiger partial charge < -0.3 is 4.89 Å². The number of halogens is 2. The summed E-state index contributed by atoms with van der Waals surface area (Å²) >= 11 is 0. The molecular formula is C8H7F2NO2. The molecule has 1 N–H and O–H groups in total. The lowest BCUT2D eigenvalue weighted by Gasteiger charge is -2.09. The van der Waals surface area contributed by atoms with Gasteiger partial charge >= 0.3 is 0 Å². The van der Waals surface area contributed by atoms with Crippen molar-refractivity contribution in [2.75, 3.05) is 5.48 Å². The normalized spacial score (nSPS) is 14.7. The minimum absolute atomic E-state index is 0.0986. The molecular weight excluding hydrogens is 180 g/mol. The molecule has 0 unspecified atom stereocenters. The highest BCUT2D eigenvalue weighted by Crippen LogP contribution is 2.36. The van der Waals surface area contributed by atoms with Crippen LogP contribution in [0.25, 0.3) is 0 Å². The molecule has 0 atom stereocenters. The Bertz CT molecular complexity index is 335. The van der Waals surface area contributed by atoms with E-state index in [2.05, 4.69) is 15.4 Å². The average molecular weight is 187 g/mol. The molecule has 0 saturated carbocycles. The fourth-order valence-corrected chi connectivity index (χ4v) is 1.06. The Labute approximate surface area is 73.1 Å². The van der Waals surface area contributed by atoms with E-state index in [4.69, 9.17) is 0 Å². The van der Waals surface area contributed by atoms with E-state index in [1.54, 1.807) is 0 Å². The zero-order valence-electron chi connectivity index (χ0n) is 6.80. The molecule has 3 nitrogen and oxygen atoms in total. The van der Waals surface area contributed by atoms with Gasteiger partial charge in [0.05, 0.1) is 0 Å². The van der Waals surface area contributed by atoms with Crippen LogP contribution < -0.4 is 10.4 Å². The second-order valence-corrected chi connectivity index (χ2v) is 2.87. The van der Waals surface area contributed by atoms with Gasteiger partial charge in [0.25, 0.3) is 5.92 Å². The van der Waals surface area contributed by atoms with E-state index < -0.39 is 5.92 Å². The van der Waals surface area contributed by atoms with Crippen LogP contribution >= 0.6 is 0 Å². The summed E-state index contributed by atoms with van der Waals surface area (Å²) in [6.45, 7) is 0.831. The molecule has 70 valence electrons. The summed E-state index contributed by atoms with van der Waals surface area (Å²) in [5, 5.41) is 0. The molecule has 1 aliphatic rings. The molecule has 0 fully saturated rings. The van der Waals surface area contributed by atoms with E-state index in [1.165, 1.54) is 18.2 Å². The Morgan fingerprint density at radius 1 is 1.38 bits per heavy atom. The molecule has 1 aliphatic heterocycles. The number of fused-ring (bicyclic) bond motifs is 1. The van der Waals surface area contributed by atoms with Gasteiger partial charge in [0.15, 0.2) is 5.75 Å². The van der Waals surface area contributed by atoms with Crippen LogP contribution in [0, 0.1) is 0 Å². The van der Waals surface area contributed by atoms with E-state index in [9.17, 15) is 8.78 Å². The molecule has 0 amide bonds. The molecule has 0 radical (unpaired) electrons. The van der Waals surface area contributed by atoms with Crippen molar-refractivity contribution < 1.29 is 18.7 Å². The Morgan fingerprint density at radius 2 is 2.15 bits per heavy atom. The predicted molar refractivity (Wildman–Crippen MR) is 41.3 cm³/mol. The average Bonchev–Trinajstić information content (AvgIpc) is 2.47. The summed E-state index contributed by atoms with van der Waals surface area (Å²) < 4.78 is 25.6. The lowest BCUT2D eigenvalue weighted by atomic mass is 10.1. The highest BCUT2D eigenvalue weighted by atomic mass is 19.3. The van der Waals surface area contributed by atoms with Crippen LogP contribution in [0.4, 0.5) is 14.5 Å². The molecule has 1 aromatic rings. The van der Waals surface area contributed by atoms with Crippen LogP contribution in [-0.4, -0.2) is 0 Å². The second-order valence-electron chi connectivity index (χ2n) is 2.87. The van der Waals surface area contributed by atoms with Crippen molar-refractivity contribution in [2.45, 2.75) is 12.8 Å². The maximum atomic E-state index is 12.8. The Hall–Kier alpha value is -1.36. The second kappa shape index (κ2) is 2.56. The smallest absolute Gasteiger partial charge is 0.270 e. The first-order valence-electron chi connectivity index (χ1n) is 3.69. The monoisotopic (exact) mass is 187 g/mol. The maximum absolute atomic E-state index is 12.8. The van der Waals surface area contributed by atoms with E-state index in [1.807, 2.05) is 0 Å². The van der Waals surface area contributed by atoms with Gasteiger partial charge in [0.2, 0.25) is 0 Å². The molecule has 0 aliphatic carbocycles. The first-order chi connectivity index (χ1) is 6.07. The third kappa shape index (κ3) is 1.42. The van der Waals surface area contributed by atoms with Crippen LogP contribution in [0.15, 0.2) is 18.2 Å². The number of hydrogen-bond acceptors (Lipinski definition) is 3. The van der Waals surface area contributed by atoms with Crippen molar-refractivity contribution in [3.05, 3.63) is 23.8 Å². The first-order valence-corrected chi connectivity index (χ1v) is 3.69. The van der Waals surface area contributed by atoms with Gasteiger partial charge in [-0.1, -0.05) is 11.1 Å². The van der Waals surface area contributed by atoms with Gasteiger partial charge in [-0.15, -0.1) is 0 Å². The Kier molecular flexibility index (Phi) is 1.63. The number of rotatable bonds is 1. The van der Waals surface area contributed by atoms with Crippen LogP contribution in [0.3, 0.4) is 0 Å². The van der Waals surface area contributed by atoms with Crippen molar-refractivity contribution in [2.24, 2.45) is 0 Å². The summed E-state index contributed by atoms with van der Waals surface area (Å²) in [6.07, 6.45) is 0. The summed E-state index contributed by atoms with van der Waals surface area (Å²) in [5.41, 5.74) is 2.86. The predicted octanol–water partition coefficient (Wildman–Crippen LogP) is 2.45. The van der Waals surface area contributed by atoms with Crippen molar-refractivity contribution in [1.82, 2.24) is 0 Å². The zero-order chi connectivity index (χ0) is 9.47. The van der Waals surface area contributed by atoms with Crippen LogP contribution in [0.1, 0.15) is 12.5 Å². The van der Waals surface area contributed by atoms with Crippen molar-refractivity contribution in [3.63, 3.8) is 0 Å². The van der Waals surface area contributed by atoms with Gasteiger partial charge in [-0.3, -0.25) is 0 Å². The van der Waals surface area contributed by atoms with Crippen LogP contribution in [0.2, 0.25) is 0 Å². The van der Waals surface area contributed by atoms with E-state index in [-0.39, 0.29) is 11.3 Å². The van der Waals surface area contributed by atoms with Crippen molar-refractivity contribution in [3.8, 4) is 5.75 Å². The van der Waals surface area contributed by atoms with Gasteiger partial charge in [-0.05, 0) is 12.1 Å². The quantitative estimate of drug-likeness (QED) is 0.685.